The number of nitrogens with zero attached hydrogens (tertiary/aromatic N) is 1. The molecule has 0 aliphatic heterocycles. The van der Waals surface area contributed by atoms with Gasteiger partial charge in [-0.05, 0) is 42.7 Å². The molecule has 0 unspecified atom stereocenters. The lowest BCUT2D eigenvalue weighted by Crippen LogP contribution is -2.03. The number of hydrogen-bond donors (Lipinski definition) is 1. The van der Waals surface area contributed by atoms with E-state index < -0.39 is 0 Å². The van der Waals surface area contributed by atoms with E-state index in [1.165, 1.54) is 16.7 Å². The van der Waals surface area contributed by atoms with E-state index >= 15 is 0 Å². The van der Waals surface area contributed by atoms with Gasteiger partial charge in [0.05, 0.1) is 11.3 Å². The number of nitriles is 1. The molecule has 0 amide bonds. The smallest absolute Gasteiger partial charge is 0.101 e. The number of rotatable bonds is 3. The maximum Gasteiger partial charge on any atom is 0.101 e. The monoisotopic (exact) mass is 236 g/mol. The molecular formula is C16H16N2. The summed E-state index contributed by atoms with van der Waals surface area (Å²) in [5.74, 6) is 0. The number of para-hydroxylation sites is 1. The van der Waals surface area contributed by atoms with Gasteiger partial charge in [-0.25, -0.2) is 0 Å². The Morgan fingerprint density at radius 3 is 2.61 bits per heavy atom. The zero-order valence-corrected chi connectivity index (χ0v) is 10.7. The van der Waals surface area contributed by atoms with Crippen LogP contribution in [0.25, 0.3) is 0 Å². The van der Waals surface area contributed by atoms with Crippen LogP contribution >= 0.6 is 0 Å². The lowest BCUT2D eigenvalue weighted by molar-refractivity contribution is 1.10. The molecule has 0 saturated carbocycles. The van der Waals surface area contributed by atoms with Gasteiger partial charge in [0.15, 0.2) is 0 Å². The third-order valence-corrected chi connectivity index (χ3v) is 3.23. The van der Waals surface area contributed by atoms with Crippen molar-refractivity contribution in [2.45, 2.75) is 20.4 Å². The Balaban J connectivity index is 2.17. The Morgan fingerprint density at radius 2 is 1.83 bits per heavy atom. The molecule has 0 atom stereocenters. The van der Waals surface area contributed by atoms with Crippen LogP contribution in [-0.2, 0) is 6.54 Å². The van der Waals surface area contributed by atoms with Gasteiger partial charge in [-0.1, -0.05) is 30.3 Å². The largest absolute Gasteiger partial charge is 0.380 e. The van der Waals surface area contributed by atoms with Crippen molar-refractivity contribution >= 4 is 5.69 Å². The van der Waals surface area contributed by atoms with Gasteiger partial charge in [-0.3, -0.25) is 0 Å². The van der Waals surface area contributed by atoms with Crippen molar-refractivity contribution < 1.29 is 0 Å². The minimum absolute atomic E-state index is 0.683. The molecule has 0 aliphatic carbocycles. The molecule has 2 aromatic carbocycles. The first-order valence-corrected chi connectivity index (χ1v) is 6.00. The zero-order chi connectivity index (χ0) is 13.0. The summed E-state index contributed by atoms with van der Waals surface area (Å²) >= 11 is 0. The van der Waals surface area contributed by atoms with Crippen LogP contribution in [0.5, 0.6) is 0 Å². The highest BCUT2D eigenvalue weighted by Crippen LogP contribution is 2.17. The Morgan fingerprint density at radius 1 is 1.06 bits per heavy atom. The van der Waals surface area contributed by atoms with Gasteiger partial charge in [-0.2, -0.15) is 5.26 Å². The molecule has 0 heterocycles. The van der Waals surface area contributed by atoms with E-state index in [2.05, 4.69) is 43.4 Å². The molecule has 0 saturated heterocycles. The molecular weight excluding hydrogens is 220 g/mol. The maximum atomic E-state index is 9.02. The van der Waals surface area contributed by atoms with Crippen LogP contribution in [0.2, 0.25) is 0 Å². The first-order chi connectivity index (χ1) is 8.72. The summed E-state index contributed by atoms with van der Waals surface area (Å²) in [6.07, 6.45) is 0. The predicted octanol–water partition coefficient (Wildman–Crippen LogP) is 3.79. The van der Waals surface area contributed by atoms with Crippen LogP contribution in [0.15, 0.2) is 42.5 Å². The molecule has 0 spiro atoms. The van der Waals surface area contributed by atoms with E-state index in [1.807, 2.05) is 24.3 Å². The van der Waals surface area contributed by atoms with Crippen LogP contribution in [0.3, 0.4) is 0 Å². The van der Waals surface area contributed by atoms with Crippen LogP contribution in [0.4, 0.5) is 5.69 Å². The van der Waals surface area contributed by atoms with Crippen molar-refractivity contribution in [1.29, 1.82) is 5.26 Å². The van der Waals surface area contributed by atoms with Crippen molar-refractivity contribution in [3.05, 3.63) is 64.7 Å². The minimum Gasteiger partial charge on any atom is -0.380 e. The Bertz CT molecular complexity index is 594. The maximum absolute atomic E-state index is 9.02. The summed E-state index contributed by atoms with van der Waals surface area (Å²) in [6, 6.07) is 16.1. The number of nitrogens with one attached hydrogen (secondary N) is 1. The average Bonchev–Trinajstić information content (AvgIpc) is 2.41. The number of hydrogen-bond acceptors (Lipinski definition) is 2. The summed E-state index contributed by atoms with van der Waals surface area (Å²) in [5, 5.41) is 12.4. The highest BCUT2D eigenvalue weighted by Gasteiger charge is 2.03. The molecule has 0 bridgehead atoms. The van der Waals surface area contributed by atoms with Crippen molar-refractivity contribution in [1.82, 2.24) is 0 Å². The molecule has 2 aromatic rings. The lowest BCUT2D eigenvalue weighted by atomic mass is 10.0. The second-order valence-electron chi connectivity index (χ2n) is 4.37. The van der Waals surface area contributed by atoms with Gasteiger partial charge in [0.2, 0.25) is 0 Å². The van der Waals surface area contributed by atoms with E-state index in [0.717, 1.165) is 12.2 Å². The van der Waals surface area contributed by atoms with E-state index in [1.54, 1.807) is 0 Å². The third kappa shape index (κ3) is 2.52. The summed E-state index contributed by atoms with van der Waals surface area (Å²) in [4.78, 5) is 0. The number of benzene rings is 2. The fraction of sp³-hybridized carbons (Fsp3) is 0.188. The summed E-state index contributed by atoms with van der Waals surface area (Å²) in [6.45, 7) is 4.98. The average molecular weight is 236 g/mol. The van der Waals surface area contributed by atoms with Crippen molar-refractivity contribution in [3.8, 4) is 6.07 Å². The van der Waals surface area contributed by atoms with Gasteiger partial charge < -0.3 is 5.32 Å². The van der Waals surface area contributed by atoms with Crippen molar-refractivity contribution in [2.24, 2.45) is 0 Å². The quantitative estimate of drug-likeness (QED) is 0.880. The van der Waals surface area contributed by atoms with Crippen LogP contribution in [-0.4, -0.2) is 0 Å². The fourth-order valence-electron chi connectivity index (χ4n) is 1.93. The van der Waals surface area contributed by atoms with Gasteiger partial charge in [0.25, 0.3) is 0 Å². The molecule has 2 nitrogen and oxygen atoms in total. The zero-order valence-electron chi connectivity index (χ0n) is 10.7. The minimum atomic E-state index is 0.683. The molecule has 0 aliphatic rings. The lowest BCUT2D eigenvalue weighted by Gasteiger charge is -2.11. The van der Waals surface area contributed by atoms with E-state index in [-0.39, 0.29) is 0 Å². The first kappa shape index (κ1) is 12.2. The predicted molar refractivity (Wildman–Crippen MR) is 74.4 cm³/mol. The van der Waals surface area contributed by atoms with E-state index in [4.69, 9.17) is 5.26 Å². The normalized spacial score (nSPS) is 9.83. The SMILES string of the molecule is Cc1cccc(CNc2ccccc2C#N)c1C. The topological polar surface area (TPSA) is 35.8 Å². The van der Waals surface area contributed by atoms with Crippen molar-refractivity contribution in [3.63, 3.8) is 0 Å². The first-order valence-electron chi connectivity index (χ1n) is 6.00. The summed E-state index contributed by atoms with van der Waals surface area (Å²) in [7, 11) is 0. The summed E-state index contributed by atoms with van der Waals surface area (Å²) < 4.78 is 0. The molecule has 90 valence electrons. The standard InChI is InChI=1S/C16H16N2/c1-12-6-5-8-15(13(12)2)11-18-16-9-4-3-7-14(16)10-17/h3-9,18H,11H2,1-2H3. The number of anilines is 1. The van der Waals surface area contributed by atoms with Gasteiger partial charge in [0, 0.05) is 6.54 Å². The second kappa shape index (κ2) is 5.37. The molecule has 0 aromatic heterocycles. The highest BCUT2D eigenvalue weighted by atomic mass is 14.9. The van der Waals surface area contributed by atoms with E-state index in [0.29, 0.717) is 5.56 Å². The Hall–Kier alpha value is -2.27. The Labute approximate surface area is 108 Å². The van der Waals surface area contributed by atoms with Gasteiger partial charge >= 0.3 is 0 Å². The Kier molecular flexibility index (Phi) is 3.64. The molecule has 18 heavy (non-hydrogen) atoms. The van der Waals surface area contributed by atoms with Crippen molar-refractivity contribution in [2.75, 3.05) is 5.32 Å². The van der Waals surface area contributed by atoms with Gasteiger partial charge in [0.1, 0.15) is 6.07 Å². The van der Waals surface area contributed by atoms with Gasteiger partial charge in [-0.15, -0.1) is 0 Å². The second-order valence-corrected chi connectivity index (χ2v) is 4.37. The molecule has 1 N–H and O–H groups in total. The third-order valence-electron chi connectivity index (χ3n) is 3.23. The van der Waals surface area contributed by atoms with E-state index in [9.17, 15) is 0 Å². The number of aryl methyl sites for hydroxylation is 1. The van der Waals surface area contributed by atoms with Crippen LogP contribution in [0, 0.1) is 25.2 Å². The van der Waals surface area contributed by atoms with Crippen LogP contribution in [0.1, 0.15) is 22.3 Å². The molecule has 2 heteroatoms. The highest BCUT2D eigenvalue weighted by molar-refractivity contribution is 5.57. The molecule has 0 radical (unpaired) electrons. The fourth-order valence-corrected chi connectivity index (χ4v) is 1.93. The molecule has 0 fully saturated rings. The van der Waals surface area contributed by atoms with Crippen LogP contribution < -0.4 is 5.32 Å². The summed E-state index contributed by atoms with van der Waals surface area (Å²) in [5.41, 5.74) is 5.44. The molecule has 2 rings (SSSR count).